The zero-order chi connectivity index (χ0) is 33.2. The van der Waals surface area contributed by atoms with Gasteiger partial charge in [-0.1, -0.05) is 12.8 Å². The number of aromatic nitrogens is 4. The summed E-state index contributed by atoms with van der Waals surface area (Å²) in [5, 5.41) is 21.4. The van der Waals surface area contributed by atoms with Gasteiger partial charge in [-0.3, -0.25) is 14.6 Å². The molecule has 8 rings (SSSR count). The summed E-state index contributed by atoms with van der Waals surface area (Å²) in [6.45, 7) is 2.55. The molecule has 3 fully saturated rings. The van der Waals surface area contributed by atoms with Crippen molar-refractivity contribution in [2.24, 2.45) is 18.4 Å². The Morgan fingerprint density at radius 2 is 1.90 bits per heavy atom. The molecule has 1 N–H and O–H groups in total. The number of carbonyl (C=O) groups is 1. The number of alkyl halides is 3. The molecule has 0 radical (unpaired) electrons. The molecule has 9 nitrogen and oxygen atoms in total. The van der Waals surface area contributed by atoms with Crippen molar-refractivity contribution in [1.82, 2.24) is 24.6 Å². The summed E-state index contributed by atoms with van der Waals surface area (Å²) in [5.41, 5.74) is 2.57. The first-order valence-corrected chi connectivity index (χ1v) is 16.5. The Labute approximate surface area is 276 Å². The maximum atomic E-state index is 14.6. The second-order valence-electron chi connectivity index (χ2n) is 13.9. The van der Waals surface area contributed by atoms with Crippen LogP contribution in [0.1, 0.15) is 71.1 Å². The summed E-state index contributed by atoms with van der Waals surface area (Å²) < 4.78 is 45.4. The van der Waals surface area contributed by atoms with Crippen LogP contribution < -0.4 is 10.2 Å². The minimum Gasteiger partial charge on any atom is -0.370 e. The van der Waals surface area contributed by atoms with Gasteiger partial charge in [-0.05, 0) is 108 Å². The zero-order valence-corrected chi connectivity index (χ0v) is 26.6. The molecule has 246 valence electrons. The second-order valence-corrected chi connectivity index (χ2v) is 13.9. The molecule has 4 aliphatic rings. The molecule has 2 aliphatic heterocycles. The van der Waals surface area contributed by atoms with Crippen LogP contribution in [0.25, 0.3) is 22.5 Å². The average molecular weight is 653 g/mol. The van der Waals surface area contributed by atoms with Crippen LogP contribution >= 0.6 is 0 Å². The van der Waals surface area contributed by atoms with Gasteiger partial charge in [0.05, 0.1) is 23.7 Å². The normalized spacial score (nSPS) is 18.4. The van der Waals surface area contributed by atoms with Gasteiger partial charge in [0, 0.05) is 37.8 Å². The van der Waals surface area contributed by atoms with Crippen LogP contribution in [0.15, 0.2) is 48.8 Å². The number of nitrogens with zero attached hydrogens (tertiary/aromatic N) is 7. The molecule has 1 spiro atoms. The Balaban J connectivity index is 1.19. The molecule has 4 aromatic rings. The van der Waals surface area contributed by atoms with Gasteiger partial charge < -0.3 is 9.88 Å². The van der Waals surface area contributed by atoms with Crippen LogP contribution in [0.5, 0.6) is 0 Å². The van der Waals surface area contributed by atoms with E-state index in [1.165, 1.54) is 36.6 Å². The standard InChI is InChI=1S/C36H35F3N8O/c1-45-21-42-44-33(45)26-5-4-23(17-40)12-27(26)25-15-31(41-10-6-22-2-3-22)43-32(16-25)47-19-29-28(34(47)48)13-24(14-30(29)36(37,38)39)18-46-11-9-35(20-46)7-8-35/h4-5,12-16,21-22H,2-3,6-11,18-20H2,1H3,(H,41,43). The number of pyridine rings is 1. The summed E-state index contributed by atoms with van der Waals surface area (Å²) >= 11 is 0. The highest BCUT2D eigenvalue weighted by molar-refractivity contribution is 6.10. The Morgan fingerprint density at radius 3 is 2.58 bits per heavy atom. The van der Waals surface area contributed by atoms with Gasteiger partial charge in [0.2, 0.25) is 0 Å². The largest absolute Gasteiger partial charge is 0.416 e. The van der Waals surface area contributed by atoms with E-state index in [1.807, 2.05) is 13.1 Å². The number of fused-ring (bicyclic) bond motifs is 1. The lowest BCUT2D eigenvalue weighted by Crippen LogP contribution is -2.24. The van der Waals surface area contributed by atoms with Gasteiger partial charge in [0.1, 0.15) is 18.0 Å². The minimum absolute atomic E-state index is 0.0296. The van der Waals surface area contributed by atoms with E-state index >= 15 is 0 Å². The molecule has 48 heavy (non-hydrogen) atoms. The molecule has 2 saturated carbocycles. The van der Waals surface area contributed by atoms with Crippen molar-refractivity contribution >= 4 is 17.5 Å². The van der Waals surface area contributed by atoms with Crippen LogP contribution in [0.2, 0.25) is 0 Å². The summed E-state index contributed by atoms with van der Waals surface area (Å²) in [6.07, 6.45) is 3.77. The van der Waals surface area contributed by atoms with Crippen LogP contribution in [0.3, 0.4) is 0 Å². The van der Waals surface area contributed by atoms with Crippen LogP contribution in [-0.2, 0) is 26.3 Å². The molecule has 1 saturated heterocycles. The molecular weight excluding hydrogens is 617 g/mol. The van der Waals surface area contributed by atoms with Crippen LogP contribution in [0.4, 0.5) is 24.8 Å². The lowest BCUT2D eigenvalue weighted by atomic mass is 9.97. The van der Waals surface area contributed by atoms with Crippen LogP contribution in [-0.4, -0.2) is 50.2 Å². The Bertz CT molecular complexity index is 1970. The van der Waals surface area contributed by atoms with Crippen LogP contribution in [0, 0.1) is 22.7 Å². The first-order valence-electron chi connectivity index (χ1n) is 16.5. The third-order valence-electron chi connectivity index (χ3n) is 10.3. The molecule has 0 atom stereocenters. The molecule has 4 heterocycles. The number of amides is 1. The number of anilines is 2. The molecule has 0 bridgehead atoms. The van der Waals surface area contributed by atoms with Crippen molar-refractivity contribution in [2.75, 3.05) is 29.9 Å². The summed E-state index contributed by atoms with van der Waals surface area (Å²) in [5.74, 6) is 1.48. The second kappa shape index (κ2) is 11.4. The topological polar surface area (TPSA) is 103 Å². The number of nitriles is 1. The number of hydrogen-bond donors (Lipinski definition) is 1. The maximum absolute atomic E-state index is 14.6. The third-order valence-corrected chi connectivity index (χ3v) is 10.3. The quantitative estimate of drug-likeness (QED) is 0.212. The van der Waals surface area contributed by atoms with Crippen molar-refractivity contribution in [2.45, 2.75) is 57.8 Å². The fourth-order valence-corrected chi connectivity index (χ4v) is 7.29. The van der Waals surface area contributed by atoms with Gasteiger partial charge in [0.15, 0.2) is 5.82 Å². The number of rotatable bonds is 9. The number of aryl methyl sites for hydroxylation is 1. The number of hydrogen-bond acceptors (Lipinski definition) is 7. The molecule has 2 aromatic carbocycles. The summed E-state index contributed by atoms with van der Waals surface area (Å²) in [6, 6.07) is 13.9. The number of carbonyl (C=O) groups excluding carboxylic acids is 1. The van der Waals surface area contributed by atoms with E-state index in [0.717, 1.165) is 25.9 Å². The molecule has 2 aliphatic carbocycles. The summed E-state index contributed by atoms with van der Waals surface area (Å²) in [7, 11) is 1.82. The molecule has 2 aromatic heterocycles. The fraction of sp³-hybridized carbons (Fsp3) is 0.417. The highest BCUT2D eigenvalue weighted by atomic mass is 19.4. The van der Waals surface area contributed by atoms with Gasteiger partial charge in [0.25, 0.3) is 5.91 Å². The Kier molecular flexibility index (Phi) is 7.29. The Hall–Kier alpha value is -4.76. The van der Waals surface area contributed by atoms with E-state index in [0.29, 0.717) is 63.9 Å². The molecular formula is C36H35F3N8O. The van der Waals surface area contributed by atoms with Crippen molar-refractivity contribution in [1.29, 1.82) is 5.26 Å². The van der Waals surface area contributed by atoms with Crippen molar-refractivity contribution in [3.8, 4) is 28.6 Å². The number of likely N-dealkylation sites (tertiary alicyclic amines) is 1. The van der Waals surface area contributed by atoms with Crippen molar-refractivity contribution in [3.63, 3.8) is 0 Å². The first-order chi connectivity index (χ1) is 23.1. The molecule has 0 unspecified atom stereocenters. The van der Waals surface area contributed by atoms with E-state index in [-0.39, 0.29) is 23.5 Å². The predicted molar refractivity (Wildman–Crippen MR) is 174 cm³/mol. The van der Waals surface area contributed by atoms with E-state index in [2.05, 4.69) is 26.5 Å². The average Bonchev–Trinajstić information content (AvgIpc) is 3.92. The SMILES string of the molecule is Cn1cnnc1-c1ccc(C#N)cc1-c1cc(NCCC2CC2)nc(N2Cc3c(cc(CN4CCC5(CC5)C4)cc3C(F)(F)F)C2=O)c1. The Morgan fingerprint density at radius 1 is 1.06 bits per heavy atom. The maximum Gasteiger partial charge on any atom is 0.416 e. The highest BCUT2D eigenvalue weighted by Crippen LogP contribution is 2.53. The number of nitrogens with one attached hydrogen (secondary N) is 1. The smallest absolute Gasteiger partial charge is 0.370 e. The molecule has 12 heteroatoms. The van der Waals surface area contributed by atoms with Gasteiger partial charge in [-0.15, -0.1) is 10.2 Å². The third kappa shape index (κ3) is 5.81. The van der Waals surface area contributed by atoms with E-state index in [4.69, 9.17) is 4.98 Å². The molecule has 1 amide bonds. The zero-order valence-electron chi connectivity index (χ0n) is 26.6. The fourth-order valence-electron chi connectivity index (χ4n) is 7.29. The first kappa shape index (κ1) is 30.6. The minimum atomic E-state index is -4.62. The summed E-state index contributed by atoms with van der Waals surface area (Å²) in [4.78, 5) is 22.4. The van der Waals surface area contributed by atoms with Gasteiger partial charge in [-0.2, -0.15) is 18.4 Å². The monoisotopic (exact) mass is 652 g/mol. The number of halogens is 3. The van der Waals surface area contributed by atoms with E-state index in [9.17, 15) is 23.2 Å². The van der Waals surface area contributed by atoms with E-state index < -0.39 is 17.6 Å². The van der Waals surface area contributed by atoms with Crippen molar-refractivity contribution < 1.29 is 18.0 Å². The lowest BCUT2D eigenvalue weighted by molar-refractivity contribution is -0.138. The number of benzene rings is 2. The lowest BCUT2D eigenvalue weighted by Gasteiger charge is -2.19. The van der Waals surface area contributed by atoms with E-state index in [1.54, 1.807) is 41.2 Å². The highest BCUT2D eigenvalue weighted by Gasteiger charge is 2.48. The predicted octanol–water partition coefficient (Wildman–Crippen LogP) is 6.79. The van der Waals surface area contributed by atoms with Gasteiger partial charge in [-0.25, -0.2) is 4.98 Å². The van der Waals surface area contributed by atoms with Gasteiger partial charge >= 0.3 is 6.18 Å². The van der Waals surface area contributed by atoms with Crippen molar-refractivity contribution in [3.05, 3.63) is 76.6 Å².